The Balaban J connectivity index is 1.85. The number of anilines is 1. The maximum Gasteiger partial charge on any atom is 0.279 e. The first kappa shape index (κ1) is 16.6. The molecule has 0 aliphatic carbocycles. The SMILES string of the molecule is N#Cc1c(F)cccc1NCCNS(=O)(=O)N1CCOCC1. The van der Waals surface area contributed by atoms with Crippen LogP contribution in [0.1, 0.15) is 5.56 Å². The molecule has 1 aromatic rings. The molecule has 0 bridgehead atoms. The van der Waals surface area contributed by atoms with Gasteiger partial charge in [-0.3, -0.25) is 0 Å². The molecule has 1 saturated heterocycles. The molecule has 120 valence electrons. The van der Waals surface area contributed by atoms with E-state index in [1.165, 1.54) is 16.4 Å². The van der Waals surface area contributed by atoms with Crippen LogP contribution in [0, 0.1) is 17.1 Å². The zero-order valence-electron chi connectivity index (χ0n) is 11.9. The van der Waals surface area contributed by atoms with Gasteiger partial charge in [-0.1, -0.05) is 6.07 Å². The highest BCUT2D eigenvalue weighted by atomic mass is 32.2. The summed E-state index contributed by atoms with van der Waals surface area (Å²) in [4.78, 5) is 0. The summed E-state index contributed by atoms with van der Waals surface area (Å²) in [7, 11) is -3.54. The largest absolute Gasteiger partial charge is 0.383 e. The maximum atomic E-state index is 13.4. The highest BCUT2D eigenvalue weighted by Gasteiger charge is 2.23. The van der Waals surface area contributed by atoms with E-state index in [2.05, 4.69) is 10.0 Å². The number of nitriles is 1. The maximum absolute atomic E-state index is 13.4. The first-order valence-corrected chi connectivity index (χ1v) is 8.23. The number of hydrogen-bond donors (Lipinski definition) is 2. The molecule has 0 atom stereocenters. The van der Waals surface area contributed by atoms with E-state index < -0.39 is 16.0 Å². The van der Waals surface area contributed by atoms with Crippen molar-refractivity contribution < 1.29 is 17.5 Å². The van der Waals surface area contributed by atoms with E-state index in [0.29, 0.717) is 32.0 Å². The van der Waals surface area contributed by atoms with Gasteiger partial charge < -0.3 is 10.1 Å². The molecule has 1 aliphatic heterocycles. The van der Waals surface area contributed by atoms with Gasteiger partial charge in [-0.2, -0.15) is 18.0 Å². The number of nitrogens with one attached hydrogen (secondary N) is 2. The average molecular weight is 328 g/mol. The fourth-order valence-corrected chi connectivity index (χ4v) is 3.21. The second-order valence-electron chi connectivity index (χ2n) is 4.61. The number of ether oxygens (including phenoxy) is 1. The van der Waals surface area contributed by atoms with E-state index in [9.17, 15) is 12.8 Å². The van der Waals surface area contributed by atoms with Crippen LogP contribution in [0.25, 0.3) is 0 Å². The highest BCUT2D eigenvalue weighted by Crippen LogP contribution is 2.17. The highest BCUT2D eigenvalue weighted by molar-refractivity contribution is 7.87. The third-order valence-electron chi connectivity index (χ3n) is 3.16. The number of halogens is 1. The number of nitrogens with zero attached hydrogens (tertiary/aromatic N) is 2. The Kier molecular flexibility index (Phi) is 5.68. The summed E-state index contributed by atoms with van der Waals surface area (Å²) in [5, 5.41) is 11.7. The van der Waals surface area contributed by atoms with Gasteiger partial charge in [0.15, 0.2) is 0 Å². The molecule has 9 heteroatoms. The molecule has 0 saturated carbocycles. The minimum absolute atomic E-state index is 0.0847. The summed E-state index contributed by atoms with van der Waals surface area (Å²) in [6, 6.07) is 6.02. The zero-order valence-corrected chi connectivity index (χ0v) is 12.7. The molecular weight excluding hydrogens is 311 g/mol. The Morgan fingerprint density at radius 1 is 1.32 bits per heavy atom. The van der Waals surface area contributed by atoms with Crippen molar-refractivity contribution in [1.29, 1.82) is 5.26 Å². The van der Waals surface area contributed by atoms with Crippen molar-refractivity contribution in [2.75, 3.05) is 44.7 Å². The molecular formula is C13H17FN4O3S. The molecule has 0 aromatic heterocycles. The normalized spacial score (nSPS) is 16.2. The van der Waals surface area contributed by atoms with E-state index in [-0.39, 0.29) is 18.7 Å². The van der Waals surface area contributed by atoms with Crippen LogP contribution in [-0.4, -0.2) is 52.1 Å². The molecule has 1 fully saturated rings. The first-order valence-electron chi connectivity index (χ1n) is 6.79. The van der Waals surface area contributed by atoms with Crippen molar-refractivity contribution in [3.05, 3.63) is 29.6 Å². The van der Waals surface area contributed by atoms with E-state index in [1.54, 1.807) is 12.1 Å². The molecule has 0 spiro atoms. The van der Waals surface area contributed by atoms with Gasteiger partial charge >= 0.3 is 0 Å². The minimum atomic E-state index is -3.54. The molecule has 0 unspecified atom stereocenters. The summed E-state index contributed by atoms with van der Waals surface area (Å²) < 4.78 is 46.3. The van der Waals surface area contributed by atoms with Crippen LogP contribution in [0.4, 0.5) is 10.1 Å². The Morgan fingerprint density at radius 2 is 2.05 bits per heavy atom. The number of morpholine rings is 1. The molecule has 2 rings (SSSR count). The van der Waals surface area contributed by atoms with E-state index in [4.69, 9.17) is 10.00 Å². The van der Waals surface area contributed by atoms with Gasteiger partial charge in [0.25, 0.3) is 10.2 Å². The predicted molar refractivity (Wildman–Crippen MR) is 78.9 cm³/mol. The van der Waals surface area contributed by atoms with Gasteiger partial charge in [-0.25, -0.2) is 9.11 Å². The zero-order chi connectivity index (χ0) is 16.0. The van der Waals surface area contributed by atoms with Gasteiger partial charge in [0.05, 0.1) is 18.9 Å². The third-order valence-corrected chi connectivity index (χ3v) is 4.77. The van der Waals surface area contributed by atoms with Crippen molar-refractivity contribution >= 4 is 15.9 Å². The lowest BCUT2D eigenvalue weighted by atomic mass is 10.2. The Bertz CT molecular complexity index is 654. The minimum Gasteiger partial charge on any atom is -0.383 e. The Labute approximate surface area is 128 Å². The number of hydrogen-bond acceptors (Lipinski definition) is 5. The predicted octanol–water partition coefficient (Wildman–Crippen LogP) is 0.276. The van der Waals surface area contributed by atoms with Crippen molar-refractivity contribution in [3.63, 3.8) is 0 Å². The van der Waals surface area contributed by atoms with Crippen molar-refractivity contribution in [1.82, 2.24) is 9.03 Å². The second kappa shape index (κ2) is 7.51. The van der Waals surface area contributed by atoms with Crippen molar-refractivity contribution in [3.8, 4) is 6.07 Å². The van der Waals surface area contributed by atoms with Gasteiger partial charge in [-0.15, -0.1) is 0 Å². The fraction of sp³-hybridized carbons (Fsp3) is 0.462. The topological polar surface area (TPSA) is 94.5 Å². The smallest absolute Gasteiger partial charge is 0.279 e. The standard InChI is InChI=1S/C13H17FN4O3S/c14-12-2-1-3-13(11(12)10-15)16-4-5-17-22(19,20)18-6-8-21-9-7-18/h1-3,16-17H,4-9H2. The van der Waals surface area contributed by atoms with Crippen molar-refractivity contribution in [2.45, 2.75) is 0 Å². The molecule has 0 amide bonds. The quantitative estimate of drug-likeness (QED) is 0.731. The monoisotopic (exact) mass is 328 g/mol. The van der Waals surface area contributed by atoms with Crippen LogP contribution in [0.15, 0.2) is 18.2 Å². The lowest BCUT2D eigenvalue weighted by Gasteiger charge is -2.26. The summed E-state index contributed by atoms with van der Waals surface area (Å²) in [6.45, 7) is 1.78. The van der Waals surface area contributed by atoms with Crippen LogP contribution < -0.4 is 10.0 Å². The molecule has 1 aliphatic rings. The third kappa shape index (κ3) is 4.14. The summed E-state index contributed by atoms with van der Waals surface area (Å²) in [5.74, 6) is -0.610. The van der Waals surface area contributed by atoms with Crippen LogP contribution >= 0.6 is 0 Å². The van der Waals surface area contributed by atoms with Gasteiger partial charge in [0, 0.05) is 26.2 Å². The summed E-state index contributed by atoms with van der Waals surface area (Å²) in [6.07, 6.45) is 0. The first-order chi connectivity index (χ1) is 10.5. The summed E-state index contributed by atoms with van der Waals surface area (Å²) in [5.41, 5.74) is 0.256. The Morgan fingerprint density at radius 3 is 2.73 bits per heavy atom. The molecule has 1 aromatic carbocycles. The Hall–Kier alpha value is -1.73. The number of rotatable bonds is 6. The van der Waals surface area contributed by atoms with Crippen LogP contribution in [0.5, 0.6) is 0 Å². The number of benzene rings is 1. The van der Waals surface area contributed by atoms with Gasteiger partial charge in [0.2, 0.25) is 0 Å². The van der Waals surface area contributed by atoms with Gasteiger partial charge in [-0.05, 0) is 12.1 Å². The lowest BCUT2D eigenvalue weighted by molar-refractivity contribution is 0.0725. The molecule has 2 N–H and O–H groups in total. The van der Waals surface area contributed by atoms with Gasteiger partial charge in [0.1, 0.15) is 17.4 Å². The van der Waals surface area contributed by atoms with Crippen molar-refractivity contribution in [2.24, 2.45) is 0 Å². The van der Waals surface area contributed by atoms with E-state index >= 15 is 0 Å². The second-order valence-corrected chi connectivity index (χ2v) is 6.37. The van der Waals surface area contributed by atoms with Crippen LogP contribution in [-0.2, 0) is 14.9 Å². The van der Waals surface area contributed by atoms with E-state index in [1.807, 2.05) is 0 Å². The average Bonchev–Trinajstić information content (AvgIpc) is 2.52. The molecule has 0 radical (unpaired) electrons. The van der Waals surface area contributed by atoms with E-state index in [0.717, 1.165) is 0 Å². The molecule has 7 nitrogen and oxygen atoms in total. The van der Waals surface area contributed by atoms with Crippen LogP contribution in [0.2, 0.25) is 0 Å². The fourth-order valence-electron chi connectivity index (χ4n) is 2.04. The summed E-state index contributed by atoms with van der Waals surface area (Å²) >= 11 is 0. The molecule has 22 heavy (non-hydrogen) atoms. The van der Waals surface area contributed by atoms with Crippen LogP contribution in [0.3, 0.4) is 0 Å². The molecule has 1 heterocycles. The lowest BCUT2D eigenvalue weighted by Crippen LogP contribution is -2.47.